The zero-order chi connectivity index (χ0) is 17.1. The molecule has 0 saturated carbocycles. The van der Waals surface area contributed by atoms with E-state index in [2.05, 4.69) is 26.2 Å². The number of halogens is 4. The van der Waals surface area contributed by atoms with E-state index in [1.54, 1.807) is 24.4 Å². The van der Waals surface area contributed by atoms with E-state index in [1.165, 1.54) is 17.4 Å². The third-order valence-electron chi connectivity index (χ3n) is 3.04. The van der Waals surface area contributed by atoms with Crippen LogP contribution in [0.4, 0.5) is 14.5 Å². The lowest BCUT2D eigenvalue weighted by Crippen LogP contribution is -1.98. The minimum atomic E-state index is -0.758. The van der Waals surface area contributed by atoms with Gasteiger partial charge in [0.1, 0.15) is 11.6 Å². The molecule has 0 bridgehead atoms. The molecule has 0 aliphatic carbocycles. The molecule has 1 aromatic heterocycles. The number of aromatic nitrogens is 1. The van der Waals surface area contributed by atoms with Crippen LogP contribution in [0, 0.1) is 11.6 Å². The largest absolute Gasteiger partial charge is 0.453 e. The normalized spacial score (nSPS) is 10.7. The average Bonchev–Trinajstić information content (AvgIpc) is 2.95. The minimum Gasteiger partial charge on any atom is -0.453 e. The smallest absolute Gasteiger partial charge is 0.183 e. The first kappa shape index (κ1) is 17.1. The van der Waals surface area contributed by atoms with Crippen LogP contribution in [0.1, 0.15) is 4.88 Å². The summed E-state index contributed by atoms with van der Waals surface area (Å²) in [4.78, 5) is 4.98. The molecule has 0 aliphatic rings. The molecule has 0 aliphatic heterocycles. The highest BCUT2D eigenvalue weighted by Crippen LogP contribution is 2.33. The summed E-state index contributed by atoms with van der Waals surface area (Å²) < 4.78 is 33.2. The predicted molar refractivity (Wildman–Crippen MR) is 95.0 cm³/mol. The van der Waals surface area contributed by atoms with Gasteiger partial charge in [0.2, 0.25) is 0 Å². The van der Waals surface area contributed by atoms with Crippen LogP contribution in [-0.4, -0.2) is 4.98 Å². The van der Waals surface area contributed by atoms with Crippen molar-refractivity contribution in [2.45, 2.75) is 6.54 Å². The Bertz CT molecular complexity index is 875. The summed E-state index contributed by atoms with van der Waals surface area (Å²) in [6.07, 6.45) is 1.71. The molecule has 2 aromatic carbocycles. The van der Waals surface area contributed by atoms with E-state index in [4.69, 9.17) is 16.3 Å². The second kappa shape index (κ2) is 7.46. The summed E-state index contributed by atoms with van der Waals surface area (Å²) in [6, 6.07) is 8.46. The number of anilines is 1. The van der Waals surface area contributed by atoms with E-state index in [-0.39, 0.29) is 5.75 Å². The fraction of sp³-hybridized carbons (Fsp3) is 0.0625. The van der Waals surface area contributed by atoms with Crippen LogP contribution < -0.4 is 10.1 Å². The monoisotopic (exact) mass is 430 g/mol. The molecule has 124 valence electrons. The van der Waals surface area contributed by atoms with Crippen molar-refractivity contribution in [2.75, 3.05) is 5.32 Å². The van der Waals surface area contributed by atoms with Crippen molar-refractivity contribution in [3.63, 3.8) is 0 Å². The fourth-order valence-electron chi connectivity index (χ4n) is 1.92. The topological polar surface area (TPSA) is 34.1 Å². The summed E-state index contributed by atoms with van der Waals surface area (Å²) in [6.45, 7) is 0.587. The zero-order valence-electron chi connectivity index (χ0n) is 12.0. The molecule has 8 heteroatoms. The Kier molecular flexibility index (Phi) is 5.33. The fourth-order valence-corrected chi connectivity index (χ4v) is 3.30. The van der Waals surface area contributed by atoms with Gasteiger partial charge in [-0.1, -0.05) is 11.6 Å². The van der Waals surface area contributed by atoms with Gasteiger partial charge in [-0.2, -0.15) is 0 Å². The van der Waals surface area contributed by atoms with E-state index in [0.29, 0.717) is 21.2 Å². The van der Waals surface area contributed by atoms with Crippen molar-refractivity contribution in [1.29, 1.82) is 0 Å². The third kappa shape index (κ3) is 4.23. The van der Waals surface area contributed by atoms with Crippen LogP contribution in [0.25, 0.3) is 0 Å². The number of nitrogens with one attached hydrogen (secondary N) is 1. The molecule has 0 fully saturated rings. The van der Waals surface area contributed by atoms with Gasteiger partial charge in [-0.05, 0) is 46.3 Å². The van der Waals surface area contributed by atoms with E-state index < -0.39 is 11.6 Å². The molecule has 1 heterocycles. The van der Waals surface area contributed by atoms with Gasteiger partial charge < -0.3 is 10.1 Å². The second-order valence-corrected chi connectivity index (χ2v) is 7.31. The van der Waals surface area contributed by atoms with Crippen LogP contribution >= 0.6 is 38.9 Å². The molecule has 1 N–H and O–H groups in total. The SMILES string of the molecule is Fc1ccc(Oc2ccc(NCc3cnc(Cl)s3)cc2Br)c(F)c1. The van der Waals surface area contributed by atoms with Crippen LogP contribution in [0.3, 0.4) is 0 Å². The molecule has 0 atom stereocenters. The molecule has 0 unspecified atom stereocenters. The number of ether oxygens (including phenoxy) is 1. The van der Waals surface area contributed by atoms with Gasteiger partial charge in [0, 0.05) is 22.8 Å². The number of thiazole rings is 1. The number of nitrogens with zero attached hydrogens (tertiary/aromatic N) is 1. The lowest BCUT2D eigenvalue weighted by Gasteiger charge is -2.11. The lowest BCUT2D eigenvalue weighted by atomic mass is 10.3. The Morgan fingerprint density at radius 2 is 1.96 bits per heavy atom. The Labute approximate surface area is 154 Å². The molecule has 3 aromatic rings. The van der Waals surface area contributed by atoms with E-state index in [0.717, 1.165) is 22.7 Å². The maximum atomic E-state index is 13.6. The van der Waals surface area contributed by atoms with E-state index in [9.17, 15) is 8.78 Å². The second-order valence-electron chi connectivity index (χ2n) is 4.76. The number of benzene rings is 2. The summed E-state index contributed by atoms with van der Waals surface area (Å²) >= 11 is 10.6. The van der Waals surface area contributed by atoms with Crippen molar-refractivity contribution in [3.05, 3.63) is 68.0 Å². The van der Waals surface area contributed by atoms with Crippen molar-refractivity contribution in [1.82, 2.24) is 4.98 Å². The molecular formula is C16H10BrClF2N2OS. The summed E-state index contributed by atoms with van der Waals surface area (Å²) in [5.41, 5.74) is 0.846. The standard InChI is InChI=1S/C16H10BrClF2N2OS/c17-12-6-10(21-7-11-8-22-16(18)24-11)2-4-14(12)23-15-3-1-9(19)5-13(15)20/h1-6,8,21H,7H2. The quantitative estimate of drug-likeness (QED) is 0.519. The van der Waals surface area contributed by atoms with Gasteiger partial charge in [-0.15, -0.1) is 11.3 Å². The number of hydrogen-bond donors (Lipinski definition) is 1. The summed E-state index contributed by atoms with van der Waals surface area (Å²) in [7, 11) is 0. The highest BCUT2D eigenvalue weighted by molar-refractivity contribution is 9.10. The van der Waals surface area contributed by atoms with Crippen LogP contribution in [0.5, 0.6) is 11.5 Å². The minimum absolute atomic E-state index is 0.0443. The van der Waals surface area contributed by atoms with Crippen LogP contribution in [0.2, 0.25) is 4.47 Å². The molecule has 0 radical (unpaired) electrons. The highest BCUT2D eigenvalue weighted by atomic mass is 79.9. The lowest BCUT2D eigenvalue weighted by molar-refractivity contribution is 0.435. The first-order chi connectivity index (χ1) is 11.5. The van der Waals surface area contributed by atoms with E-state index in [1.807, 2.05) is 0 Å². The van der Waals surface area contributed by atoms with Crippen molar-refractivity contribution < 1.29 is 13.5 Å². The maximum Gasteiger partial charge on any atom is 0.183 e. The van der Waals surface area contributed by atoms with Crippen molar-refractivity contribution in [3.8, 4) is 11.5 Å². The molecule has 24 heavy (non-hydrogen) atoms. The van der Waals surface area contributed by atoms with Crippen molar-refractivity contribution >= 4 is 44.6 Å². The maximum absolute atomic E-state index is 13.6. The van der Waals surface area contributed by atoms with Gasteiger partial charge in [-0.25, -0.2) is 13.8 Å². The first-order valence-corrected chi connectivity index (χ1v) is 8.76. The summed E-state index contributed by atoms with van der Waals surface area (Å²) in [5.74, 6) is -1.03. The van der Waals surface area contributed by atoms with Crippen LogP contribution in [0.15, 0.2) is 47.1 Å². The first-order valence-electron chi connectivity index (χ1n) is 6.78. The van der Waals surface area contributed by atoms with Gasteiger partial charge in [0.15, 0.2) is 16.0 Å². The molecule has 3 rings (SSSR count). The molecule has 0 spiro atoms. The van der Waals surface area contributed by atoms with Gasteiger partial charge >= 0.3 is 0 Å². The number of hydrogen-bond acceptors (Lipinski definition) is 4. The molecule has 0 amide bonds. The Balaban J connectivity index is 1.70. The Morgan fingerprint density at radius 1 is 1.17 bits per heavy atom. The average molecular weight is 432 g/mol. The molecule has 3 nitrogen and oxygen atoms in total. The summed E-state index contributed by atoms with van der Waals surface area (Å²) in [5, 5.41) is 3.23. The van der Waals surface area contributed by atoms with Crippen molar-refractivity contribution in [2.24, 2.45) is 0 Å². The molecular weight excluding hydrogens is 422 g/mol. The van der Waals surface area contributed by atoms with E-state index >= 15 is 0 Å². The van der Waals surface area contributed by atoms with Gasteiger partial charge in [-0.3, -0.25) is 0 Å². The molecule has 0 saturated heterocycles. The Morgan fingerprint density at radius 3 is 2.62 bits per heavy atom. The number of rotatable bonds is 5. The highest BCUT2D eigenvalue weighted by Gasteiger charge is 2.09. The predicted octanol–water partition coefficient (Wildman–Crippen LogP) is 6.24. The Hall–Kier alpha value is -1.70. The van der Waals surface area contributed by atoms with Gasteiger partial charge in [0.05, 0.1) is 11.0 Å². The van der Waals surface area contributed by atoms with Crippen LogP contribution in [-0.2, 0) is 6.54 Å². The zero-order valence-corrected chi connectivity index (χ0v) is 15.2. The van der Waals surface area contributed by atoms with Gasteiger partial charge in [0.25, 0.3) is 0 Å². The third-order valence-corrected chi connectivity index (χ3v) is 4.77.